The third-order valence-corrected chi connectivity index (χ3v) is 3.45. The van der Waals surface area contributed by atoms with E-state index < -0.39 is 19.6 Å². The number of alkyl halides is 2. The van der Waals surface area contributed by atoms with Crippen LogP contribution in [0.4, 0.5) is 8.78 Å². The molecule has 4 N–H and O–H groups in total. The first-order valence-corrected chi connectivity index (χ1v) is 6.52. The normalized spacial score (nSPS) is 12.1. The molecule has 0 saturated carbocycles. The third kappa shape index (κ3) is 2.45. The van der Waals surface area contributed by atoms with Crippen LogP contribution in [0.2, 0.25) is 0 Å². The van der Waals surface area contributed by atoms with Gasteiger partial charge in [-0.15, -0.1) is 0 Å². The number of rotatable bonds is 3. The topological polar surface area (TPSA) is 85.3 Å². The van der Waals surface area contributed by atoms with Gasteiger partial charge in [0.05, 0.1) is 0 Å². The molecule has 0 fully saturated rings. The molecule has 0 unspecified atom stereocenters. The Bertz CT molecular complexity index is 627. The van der Waals surface area contributed by atoms with E-state index in [1.54, 1.807) is 0 Å². The molecule has 2 rings (SSSR count). The first-order valence-electron chi connectivity index (χ1n) is 5.27. The Kier molecular flexibility index (Phi) is 3.54. The fourth-order valence-electron chi connectivity index (χ4n) is 1.69. The fraction of sp³-hybridized carbons (Fsp3) is 0.182. The minimum atomic E-state index is -3.70. The number of aromatic nitrogens is 1. The highest BCUT2D eigenvalue weighted by Crippen LogP contribution is 2.52. The molecule has 0 radical (unpaired) electrons. The SMILES string of the molecule is CNC(=O)c1cc2cc(C(F)(F)P(O)O)ccc2[nH]1. The summed E-state index contributed by atoms with van der Waals surface area (Å²) in [5.74, 6) is -0.365. The van der Waals surface area contributed by atoms with Crippen LogP contribution in [0.3, 0.4) is 0 Å². The molecule has 102 valence electrons. The van der Waals surface area contributed by atoms with Gasteiger partial charge < -0.3 is 20.1 Å². The highest BCUT2D eigenvalue weighted by atomic mass is 31.2. The number of halogens is 2. The van der Waals surface area contributed by atoms with Gasteiger partial charge in [0, 0.05) is 23.5 Å². The van der Waals surface area contributed by atoms with Gasteiger partial charge in [0.1, 0.15) is 5.69 Å². The minimum Gasteiger partial charge on any atom is -0.354 e. The smallest absolute Gasteiger partial charge is 0.339 e. The van der Waals surface area contributed by atoms with Crippen LogP contribution in [-0.2, 0) is 5.66 Å². The number of fused-ring (bicyclic) bond motifs is 1. The molecular formula is C11H11F2N2O3P. The van der Waals surface area contributed by atoms with E-state index in [4.69, 9.17) is 9.79 Å². The van der Waals surface area contributed by atoms with Gasteiger partial charge in [-0.2, -0.15) is 8.78 Å². The molecule has 1 aromatic heterocycles. The van der Waals surface area contributed by atoms with E-state index in [2.05, 4.69) is 10.3 Å². The van der Waals surface area contributed by atoms with Crippen LogP contribution in [0.25, 0.3) is 10.9 Å². The van der Waals surface area contributed by atoms with Gasteiger partial charge in [-0.3, -0.25) is 4.79 Å². The summed E-state index contributed by atoms with van der Waals surface area (Å²) in [5, 5.41) is 2.81. The number of hydrogen-bond donors (Lipinski definition) is 4. The van der Waals surface area contributed by atoms with Crippen molar-refractivity contribution in [1.82, 2.24) is 10.3 Å². The van der Waals surface area contributed by atoms with Crippen LogP contribution in [0.15, 0.2) is 24.3 Å². The molecule has 1 heterocycles. The molecule has 0 atom stereocenters. The summed E-state index contributed by atoms with van der Waals surface area (Å²) in [6.07, 6.45) is 0. The highest BCUT2D eigenvalue weighted by Gasteiger charge is 2.41. The molecule has 0 saturated heterocycles. The number of benzene rings is 1. The predicted octanol–water partition coefficient (Wildman–Crippen LogP) is 1.87. The van der Waals surface area contributed by atoms with Gasteiger partial charge in [0.25, 0.3) is 5.91 Å². The summed E-state index contributed by atoms with van der Waals surface area (Å²) in [7, 11) is -1.95. The van der Waals surface area contributed by atoms with Crippen LogP contribution >= 0.6 is 8.38 Å². The number of hydrogen-bond acceptors (Lipinski definition) is 3. The zero-order valence-corrected chi connectivity index (χ0v) is 10.7. The lowest BCUT2D eigenvalue weighted by Gasteiger charge is -2.17. The zero-order chi connectivity index (χ0) is 14.2. The Morgan fingerprint density at radius 1 is 1.37 bits per heavy atom. The van der Waals surface area contributed by atoms with E-state index in [-0.39, 0.29) is 11.6 Å². The van der Waals surface area contributed by atoms with Crippen LogP contribution in [0, 0.1) is 0 Å². The summed E-state index contributed by atoms with van der Waals surface area (Å²) in [4.78, 5) is 31.7. The number of nitrogens with one attached hydrogen (secondary N) is 2. The summed E-state index contributed by atoms with van der Waals surface area (Å²) >= 11 is 0. The van der Waals surface area contributed by atoms with E-state index in [1.165, 1.54) is 19.2 Å². The van der Waals surface area contributed by atoms with Crippen molar-refractivity contribution in [2.75, 3.05) is 7.05 Å². The quantitative estimate of drug-likeness (QED) is 0.650. The lowest BCUT2D eigenvalue weighted by molar-refractivity contribution is 0.0734. The average molecular weight is 288 g/mol. The maximum Gasteiger partial charge on any atom is 0.339 e. The molecule has 1 amide bonds. The van der Waals surface area contributed by atoms with Crippen molar-refractivity contribution in [3.63, 3.8) is 0 Å². The van der Waals surface area contributed by atoms with Gasteiger partial charge in [-0.05, 0) is 18.2 Å². The Labute approximate surface area is 108 Å². The molecule has 0 bridgehead atoms. The number of amides is 1. The molecule has 0 aliphatic rings. The van der Waals surface area contributed by atoms with Crippen LogP contribution in [0.1, 0.15) is 16.1 Å². The van der Waals surface area contributed by atoms with Crippen molar-refractivity contribution in [1.29, 1.82) is 0 Å². The van der Waals surface area contributed by atoms with Gasteiger partial charge >= 0.3 is 5.66 Å². The molecule has 1 aromatic carbocycles. The Hall–Kier alpha value is -1.56. The Morgan fingerprint density at radius 3 is 2.63 bits per heavy atom. The second-order valence-corrected chi connectivity index (χ2v) is 5.04. The first kappa shape index (κ1) is 13.9. The van der Waals surface area contributed by atoms with E-state index in [0.717, 1.165) is 12.1 Å². The fourth-order valence-corrected chi connectivity index (χ4v) is 2.06. The number of carbonyl (C=O) groups excluding carboxylic acids is 1. The van der Waals surface area contributed by atoms with Crippen molar-refractivity contribution in [3.8, 4) is 0 Å². The minimum absolute atomic E-state index is 0.244. The number of aromatic amines is 1. The molecule has 5 nitrogen and oxygen atoms in total. The summed E-state index contributed by atoms with van der Waals surface area (Å²) in [6, 6.07) is 5.00. The molecule has 8 heteroatoms. The van der Waals surface area contributed by atoms with Gasteiger partial charge in [-0.1, -0.05) is 6.07 Å². The molecule has 0 aliphatic heterocycles. The zero-order valence-electron chi connectivity index (χ0n) is 9.82. The van der Waals surface area contributed by atoms with E-state index in [1.807, 2.05) is 0 Å². The lowest BCUT2D eigenvalue weighted by atomic mass is 10.1. The third-order valence-electron chi connectivity index (χ3n) is 2.69. The van der Waals surface area contributed by atoms with Crippen molar-refractivity contribution in [2.24, 2.45) is 0 Å². The van der Waals surface area contributed by atoms with Crippen molar-refractivity contribution < 1.29 is 23.4 Å². The van der Waals surface area contributed by atoms with Crippen molar-refractivity contribution >= 4 is 25.2 Å². The van der Waals surface area contributed by atoms with Gasteiger partial charge in [0.15, 0.2) is 0 Å². The van der Waals surface area contributed by atoms with E-state index in [0.29, 0.717) is 10.9 Å². The molecule has 19 heavy (non-hydrogen) atoms. The number of H-pyrrole nitrogens is 1. The summed E-state index contributed by atoms with van der Waals surface area (Å²) in [5.41, 5.74) is -3.45. The molecule has 0 aliphatic carbocycles. The van der Waals surface area contributed by atoms with Crippen LogP contribution < -0.4 is 5.32 Å². The molecule has 2 aromatic rings. The number of carbonyl (C=O) groups is 1. The second-order valence-electron chi connectivity index (χ2n) is 3.89. The average Bonchev–Trinajstić information content (AvgIpc) is 2.80. The maximum atomic E-state index is 13.5. The molecule has 0 spiro atoms. The predicted molar refractivity (Wildman–Crippen MR) is 66.9 cm³/mol. The van der Waals surface area contributed by atoms with Crippen molar-refractivity contribution in [2.45, 2.75) is 5.66 Å². The van der Waals surface area contributed by atoms with Crippen LogP contribution in [0.5, 0.6) is 0 Å². The largest absolute Gasteiger partial charge is 0.354 e. The van der Waals surface area contributed by atoms with E-state index in [9.17, 15) is 13.6 Å². The lowest BCUT2D eigenvalue weighted by Crippen LogP contribution is -2.17. The maximum absolute atomic E-state index is 13.5. The summed E-state index contributed by atoms with van der Waals surface area (Å²) < 4.78 is 27.0. The molecular weight excluding hydrogens is 277 g/mol. The van der Waals surface area contributed by atoms with E-state index >= 15 is 0 Å². The second kappa shape index (κ2) is 4.85. The monoisotopic (exact) mass is 288 g/mol. The first-order chi connectivity index (χ1) is 8.86. The highest BCUT2D eigenvalue weighted by molar-refractivity contribution is 7.46. The Balaban J connectivity index is 2.49. The van der Waals surface area contributed by atoms with Gasteiger partial charge in [-0.25, -0.2) is 0 Å². The standard InChI is InChI=1S/C11H11F2N2O3P/c1-14-10(16)9-5-6-4-7(2-3-8(6)15-9)11(12,13)19(17)18/h2-5,15,17-18H,1H3,(H,14,16). The summed E-state index contributed by atoms with van der Waals surface area (Å²) in [6.45, 7) is 0. The van der Waals surface area contributed by atoms with Crippen LogP contribution in [-0.4, -0.2) is 27.7 Å². The van der Waals surface area contributed by atoms with Crippen molar-refractivity contribution in [3.05, 3.63) is 35.5 Å². The van der Waals surface area contributed by atoms with Gasteiger partial charge in [0.2, 0.25) is 8.38 Å². The Morgan fingerprint density at radius 2 is 2.05 bits per heavy atom.